The van der Waals surface area contributed by atoms with Crippen LogP contribution < -0.4 is 0 Å². The number of hydrogen-bond acceptors (Lipinski definition) is 4. The van der Waals surface area contributed by atoms with Crippen molar-refractivity contribution in [1.29, 1.82) is 0 Å². The molecule has 0 fully saturated rings. The molecule has 0 aliphatic rings. The van der Waals surface area contributed by atoms with E-state index in [1.807, 2.05) is 16.7 Å². The molecule has 5 nitrogen and oxygen atoms in total. The Balaban J connectivity index is 2.32. The molecule has 0 unspecified atom stereocenters. The van der Waals surface area contributed by atoms with E-state index in [2.05, 4.69) is 14.7 Å². The summed E-state index contributed by atoms with van der Waals surface area (Å²) in [5.74, 6) is 1.09. The van der Waals surface area contributed by atoms with E-state index in [1.54, 1.807) is 6.20 Å². The molecule has 0 aliphatic heterocycles. The van der Waals surface area contributed by atoms with Gasteiger partial charge in [0.15, 0.2) is 5.65 Å². The van der Waals surface area contributed by atoms with Crippen molar-refractivity contribution in [3.63, 3.8) is 0 Å². The quantitative estimate of drug-likeness (QED) is 0.612. The molecule has 6 heteroatoms. The number of imidazole rings is 1. The summed E-state index contributed by atoms with van der Waals surface area (Å²) in [6.45, 7) is 0.506. The van der Waals surface area contributed by atoms with Crippen LogP contribution in [0.25, 0.3) is 11.2 Å². The van der Waals surface area contributed by atoms with Crippen molar-refractivity contribution in [3.8, 4) is 0 Å². The van der Waals surface area contributed by atoms with Gasteiger partial charge in [-0.05, 0) is 12.1 Å². The van der Waals surface area contributed by atoms with Crippen LogP contribution in [0.4, 0.5) is 0 Å². The minimum Gasteiger partial charge on any atom is -0.469 e. The van der Waals surface area contributed by atoms with Crippen LogP contribution in [0.1, 0.15) is 12.2 Å². The SMILES string of the molecule is COC(=O)CCn1c(CCCl)nc2cccnc21. The molecule has 0 atom stereocenters. The van der Waals surface area contributed by atoms with E-state index in [1.165, 1.54) is 7.11 Å². The van der Waals surface area contributed by atoms with Crippen molar-refractivity contribution < 1.29 is 9.53 Å². The van der Waals surface area contributed by atoms with E-state index in [0.717, 1.165) is 17.0 Å². The summed E-state index contributed by atoms with van der Waals surface area (Å²) in [6.07, 6.45) is 2.66. The normalized spacial score (nSPS) is 10.8. The van der Waals surface area contributed by atoms with Gasteiger partial charge >= 0.3 is 5.97 Å². The van der Waals surface area contributed by atoms with Gasteiger partial charge in [-0.15, -0.1) is 11.6 Å². The highest BCUT2D eigenvalue weighted by molar-refractivity contribution is 6.17. The zero-order valence-electron chi connectivity index (χ0n) is 10.1. The highest BCUT2D eigenvalue weighted by Crippen LogP contribution is 2.15. The zero-order valence-corrected chi connectivity index (χ0v) is 10.9. The molecule has 0 saturated carbocycles. The van der Waals surface area contributed by atoms with Gasteiger partial charge in [-0.1, -0.05) is 0 Å². The first-order valence-electron chi connectivity index (χ1n) is 5.69. The minimum atomic E-state index is -0.246. The molecule has 0 radical (unpaired) electrons. The topological polar surface area (TPSA) is 57.0 Å². The van der Waals surface area contributed by atoms with Crippen molar-refractivity contribution in [2.24, 2.45) is 0 Å². The van der Waals surface area contributed by atoms with E-state index >= 15 is 0 Å². The molecule has 0 spiro atoms. The number of rotatable bonds is 5. The first kappa shape index (κ1) is 12.8. The Morgan fingerprint density at radius 3 is 3.11 bits per heavy atom. The molecule has 0 bridgehead atoms. The molecule has 0 N–H and O–H groups in total. The number of pyridine rings is 1. The van der Waals surface area contributed by atoms with Crippen LogP contribution in [0.15, 0.2) is 18.3 Å². The van der Waals surface area contributed by atoms with Crippen molar-refractivity contribution in [3.05, 3.63) is 24.2 Å². The first-order chi connectivity index (χ1) is 8.76. The molecule has 0 aliphatic carbocycles. The number of methoxy groups -OCH3 is 1. The maximum absolute atomic E-state index is 11.2. The van der Waals surface area contributed by atoms with Gasteiger partial charge in [-0.25, -0.2) is 9.97 Å². The monoisotopic (exact) mass is 267 g/mol. The van der Waals surface area contributed by atoms with Crippen LogP contribution in [-0.4, -0.2) is 33.5 Å². The molecular weight excluding hydrogens is 254 g/mol. The Kier molecular flexibility index (Phi) is 4.15. The van der Waals surface area contributed by atoms with Gasteiger partial charge in [0.05, 0.1) is 13.5 Å². The number of aryl methyl sites for hydroxylation is 2. The van der Waals surface area contributed by atoms with Crippen molar-refractivity contribution in [1.82, 2.24) is 14.5 Å². The molecule has 2 aromatic heterocycles. The Morgan fingerprint density at radius 1 is 1.56 bits per heavy atom. The number of carbonyl (C=O) groups excluding carboxylic acids is 1. The third-order valence-electron chi connectivity index (χ3n) is 2.67. The third-order valence-corrected chi connectivity index (χ3v) is 2.86. The highest BCUT2D eigenvalue weighted by atomic mass is 35.5. The molecule has 2 heterocycles. The standard InChI is InChI=1S/C12H14ClN3O2/c1-18-11(17)5-8-16-10(4-6-13)15-9-3-2-7-14-12(9)16/h2-3,7H,4-6,8H2,1H3. The Morgan fingerprint density at radius 2 is 2.39 bits per heavy atom. The Hall–Kier alpha value is -1.62. The number of halogens is 1. The summed E-state index contributed by atoms with van der Waals surface area (Å²) in [7, 11) is 1.38. The van der Waals surface area contributed by atoms with E-state index < -0.39 is 0 Å². The van der Waals surface area contributed by atoms with Crippen LogP contribution in [0, 0.1) is 0 Å². The Labute approximate surface area is 110 Å². The first-order valence-corrected chi connectivity index (χ1v) is 6.22. The van der Waals surface area contributed by atoms with Crippen LogP contribution in [-0.2, 0) is 22.5 Å². The maximum Gasteiger partial charge on any atom is 0.307 e. The molecule has 2 rings (SSSR count). The second-order valence-electron chi connectivity index (χ2n) is 3.79. The van der Waals surface area contributed by atoms with Gasteiger partial charge in [0.1, 0.15) is 11.3 Å². The number of hydrogen-bond donors (Lipinski definition) is 0. The van der Waals surface area contributed by atoms with E-state index in [9.17, 15) is 4.79 Å². The number of nitrogens with zero attached hydrogens (tertiary/aromatic N) is 3. The number of fused-ring (bicyclic) bond motifs is 1. The van der Waals surface area contributed by atoms with Gasteiger partial charge in [0, 0.05) is 25.0 Å². The second-order valence-corrected chi connectivity index (χ2v) is 4.17. The third kappa shape index (κ3) is 2.61. The van der Waals surface area contributed by atoms with Gasteiger partial charge in [0.2, 0.25) is 0 Å². The van der Waals surface area contributed by atoms with Crippen molar-refractivity contribution in [2.75, 3.05) is 13.0 Å². The van der Waals surface area contributed by atoms with Gasteiger partial charge < -0.3 is 9.30 Å². The maximum atomic E-state index is 11.2. The molecule has 0 aromatic carbocycles. The average Bonchev–Trinajstić information content (AvgIpc) is 2.74. The van der Waals surface area contributed by atoms with Gasteiger partial charge in [-0.3, -0.25) is 4.79 Å². The molecule has 0 saturated heterocycles. The summed E-state index contributed by atoms with van der Waals surface area (Å²) < 4.78 is 6.57. The predicted octanol–water partition coefficient (Wildman–Crippen LogP) is 1.78. The van der Waals surface area contributed by atoms with E-state index in [0.29, 0.717) is 25.3 Å². The number of aromatic nitrogens is 3. The second kappa shape index (κ2) is 5.82. The molecule has 0 amide bonds. The predicted molar refractivity (Wildman–Crippen MR) is 68.6 cm³/mol. The summed E-state index contributed by atoms with van der Waals surface area (Å²) in [4.78, 5) is 20.0. The zero-order chi connectivity index (χ0) is 13.0. The fourth-order valence-corrected chi connectivity index (χ4v) is 1.99. The highest BCUT2D eigenvalue weighted by Gasteiger charge is 2.12. The fourth-order valence-electron chi connectivity index (χ4n) is 1.82. The van der Waals surface area contributed by atoms with E-state index in [4.69, 9.17) is 11.6 Å². The van der Waals surface area contributed by atoms with Crippen LogP contribution in [0.2, 0.25) is 0 Å². The fraction of sp³-hybridized carbons (Fsp3) is 0.417. The van der Waals surface area contributed by atoms with Crippen molar-refractivity contribution in [2.45, 2.75) is 19.4 Å². The lowest BCUT2D eigenvalue weighted by atomic mass is 10.4. The minimum absolute atomic E-state index is 0.246. The number of esters is 1. The number of carbonyl (C=O) groups is 1. The van der Waals surface area contributed by atoms with Gasteiger partial charge in [0.25, 0.3) is 0 Å². The summed E-state index contributed by atoms with van der Waals surface area (Å²) in [6, 6.07) is 3.74. The lowest BCUT2D eigenvalue weighted by Gasteiger charge is -2.06. The largest absolute Gasteiger partial charge is 0.469 e. The summed E-state index contributed by atoms with van der Waals surface area (Å²) in [5.41, 5.74) is 1.60. The van der Waals surface area contributed by atoms with Crippen LogP contribution in [0.5, 0.6) is 0 Å². The van der Waals surface area contributed by atoms with Crippen LogP contribution >= 0.6 is 11.6 Å². The summed E-state index contributed by atoms with van der Waals surface area (Å²) in [5, 5.41) is 0. The molecule has 96 valence electrons. The van der Waals surface area contributed by atoms with Crippen molar-refractivity contribution >= 4 is 28.7 Å². The van der Waals surface area contributed by atoms with Crippen LogP contribution in [0.3, 0.4) is 0 Å². The molecule has 2 aromatic rings. The lowest BCUT2D eigenvalue weighted by Crippen LogP contribution is -2.10. The molecule has 18 heavy (non-hydrogen) atoms. The van der Waals surface area contributed by atoms with E-state index in [-0.39, 0.29) is 5.97 Å². The van der Waals surface area contributed by atoms with Gasteiger partial charge in [-0.2, -0.15) is 0 Å². The Bertz CT molecular complexity index is 553. The number of ether oxygens (including phenoxy) is 1. The number of alkyl halides is 1. The average molecular weight is 268 g/mol. The smallest absolute Gasteiger partial charge is 0.307 e. The lowest BCUT2D eigenvalue weighted by molar-refractivity contribution is -0.140. The summed E-state index contributed by atoms with van der Waals surface area (Å²) >= 11 is 5.76. The molecular formula is C12H14ClN3O2.